The fourth-order valence-electron chi connectivity index (χ4n) is 5.30. The zero-order valence-corrected chi connectivity index (χ0v) is 20.7. The van der Waals surface area contributed by atoms with Crippen molar-refractivity contribution in [2.45, 2.75) is 96.3 Å². The maximum atomic E-state index is 4.74. The molecule has 0 atom stereocenters. The van der Waals surface area contributed by atoms with Gasteiger partial charge in [0.25, 0.3) is 0 Å². The first-order chi connectivity index (χ1) is 11.7. The second kappa shape index (κ2) is 12.6. The second-order valence-corrected chi connectivity index (χ2v) is 16.2. The lowest BCUT2D eigenvalue weighted by Crippen LogP contribution is -2.62. The van der Waals surface area contributed by atoms with Crippen molar-refractivity contribution in [3.8, 4) is 0 Å². The van der Waals surface area contributed by atoms with Gasteiger partial charge in [-0.05, 0) is 36.5 Å². The Balaban J connectivity index is 0.000000697. The minimum absolute atomic E-state index is 0.851. The Labute approximate surface area is 160 Å². The summed E-state index contributed by atoms with van der Waals surface area (Å²) < 4.78 is 17.1. The fraction of sp³-hybridized carbons (Fsp3) is 1.00. The summed E-state index contributed by atoms with van der Waals surface area (Å²) in [6, 6.07) is 0.873. The molecule has 4 nitrogen and oxygen atoms in total. The van der Waals surface area contributed by atoms with Crippen molar-refractivity contribution in [3.05, 3.63) is 0 Å². The fourth-order valence-corrected chi connectivity index (χ4v) is 13.2. The van der Waals surface area contributed by atoms with Crippen molar-refractivity contribution in [2.24, 2.45) is 0 Å². The third-order valence-corrected chi connectivity index (χ3v) is 14.4. The van der Waals surface area contributed by atoms with Gasteiger partial charge in [-0.25, -0.2) is 0 Å². The molecule has 0 N–H and O–H groups in total. The lowest BCUT2D eigenvalue weighted by atomic mass is 9.96. The molecule has 0 saturated heterocycles. The molecule has 1 fully saturated rings. The molecule has 0 radical (unpaired) electrons. The van der Waals surface area contributed by atoms with Gasteiger partial charge in [-0.15, -0.1) is 0 Å². The van der Waals surface area contributed by atoms with Gasteiger partial charge < -0.3 is 17.8 Å². The molecule has 0 spiro atoms. The number of rotatable bonds is 8. The van der Waals surface area contributed by atoms with Crippen LogP contribution >= 0.6 is 0 Å². The van der Waals surface area contributed by atoms with E-state index in [1.165, 1.54) is 32.1 Å². The van der Waals surface area contributed by atoms with E-state index in [1.54, 1.807) is 21.3 Å². The molecule has 0 heterocycles. The van der Waals surface area contributed by atoms with E-state index in [1.807, 2.05) is 0 Å². The van der Waals surface area contributed by atoms with Gasteiger partial charge in [-0.2, -0.15) is 0 Å². The Kier molecular flexibility index (Phi) is 12.8. The van der Waals surface area contributed by atoms with Crippen molar-refractivity contribution in [2.75, 3.05) is 28.4 Å². The number of hydrogen-bond donors (Lipinski definition) is 0. The topological polar surface area (TPSA) is 30.9 Å². The van der Waals surface area contributed by atoms with Gasteiger partial charge in [0.15, 0.2) is 0 Å². The van der Waals surface area contributed by atoms with E-state index < -0.39 is 17.8 Å². The van der Waals surface area contributed by atoms with Crippen molar-refractivity contribution in [1.29, 1.82) is 0 Å². The minimum Gasteiger partial charge on any atom is -0.379 e. The highest BCUT2D eigenvalue weighted by Gasteiger charge is 2.48. The molecule has 0 amide bonds. The average molecular weight is 392 g/mol. The molecule has 25 heavy (non-hydrogen) atoms. The lowest BCUT2D eigenvalue weighted by molar-refractivity contribution is 0.163. The SMILES string of the molecule is CC(C)[Si](C(C)C)(C(C)C)N(C)C1CCCCC1.CO[SiH](OC)OC. The first-order valence-corrected chi connectivity index (χ1v) is 13.6. The Bertz CT molecular complexity index is 303. The van der Waals surface area contributed by atoms with E-state index in [4.69, 9.17) is 13.3 Å². The summed E-state index contributed by atoms with van der Waals surface area (Å²) in [6.45, 7) is 14.9. The molecular weight excluding hydrogens is 346 g/mol. The highest BCUT2D eigenvalue weighted by Crippen LogP contribution is 2.45. The maximum absolute atomic E-state index is 4.74. The van der Waals surface area contributed by atoms with E-state index in [0.29, 0.717) is 0 Å². The van der Waals surface area contributed by atoms with Gasteiger partial charge in [0.1, 0.15) is 8.24 Å². The Hall–Kier alpha value is 0.274. The molecular formula is C19H45NO3Si2. The normalized spacial score (nSPS) is 16.9. The predicted molar refractivity (Wildman–Crippen MR) is 114 cm³/mol. The quantitative estimate of drug-likeness (QED) is 0.541. The molecule has 1 aliphatic carbocycles. The lowest BCUT2D eigenvalue weighted by Gasteiger charge is -2.53. The summed E-state index contributed by atoms with van der Waals surface area (Å²) in [6.07, 6.45) is 7.25. The van der Waals surface area contributed by atoms with Crippen molar-refractivity contribution in [1.82, 2.24) is 4.57 Å². The van der Waals surface area contributed by atoms with Crippen LogP contribution in [0.15, 0.2) is 0 Å². The second-order valence-electron chi connectivity index (χ2n) is 8.25. The third kappa shape index (κ3) is 6.74. The Morgan fingerprint density at radius 1 is 0.760 bits per heavy atom. The molecule has 1 saturated carbocycles. The van der Waals surface area contributed by atoms with Crippen LogP contribution in [0.4, 0.5) is 0 Å². The molecule has 0 aromatic rings. The first-order valence-electron chi connectivity index (χ1n) is 10.0. The van der Waals surface area contributed by atoms with Crippen LogP contribution < -0.4 is 0 Å². The Morgan fingerprint density at radius 2 is 1.12 bits per heavy atom. The molecule has 0 aromatic carbocycles. The summed E-state index contributed by atoms with van der Waals surface area (Å²) in [4.78, 5) is 0. The molecule has 0 aromatic heterocycles. The van der Waals surface area contributed by atoms with Crippen LogP contribution in [0, 0.1) is 0 Å². The average Bonchev–Trinajstić information content (AvgIpc) is 2.57. The molecule has 152 valence electrons. The van der Waals surface area contributed by atoms with Crippen molar-refractivity contribution < 1.29 is 13.3 Å². The van der Waals surface area contributed by atoms with Gasteiger partial charge in [-0.3, -0.25) is 0 Å². The van der Waals surface area contributed by atoms with Crippen molar-refractivity contribution >= 4 is 17.8 Å². The van der Waals surface area contributed by atoms with Crippen LogP contribution in [0.3, 0.4) is 0 Å². The summed E-state index contributed by atoms with van der Waals surface area (Å²) in [5, 5.41) is 0. The zero-order chi connectivity index (χ0) is 19.6. The largest absolute Gasteiger partial charge is 0.483 e. The van der Waals surface area contributed by atoms with Crippen LogP contribution in [0.1, 0.15) is 73.6 Å². The molecule has 1 rings (SSSR count). The Morgan fingerprint density at radius 3 is 1.36 bits per heavy atom. The zero-order valence-electron chi connectivity index (χ0n) is 18.6. The number of nitrogens with zero attached hydrogens (tertiary/aromatic N) is 1. The standard InChI is InChI=1S/C16H35NSi.C3H10O3Si/c1-13(2)18(14(3)4,15(5)6)17(7)16-11-9-8-10-12-16;1-4-7(5-2)6-3/h13-16H,8-12H2,1-7H3;7H,1-3H3. The smallest absolute Gasteiger partial charge is 0.379 e. The summed E-state index contributed by atoms with van der Waals surface area (Å²) in [5.41, 5.74) is 2.55. The highest BCUT2D eigenvalue weighted by molar-refractivity contribution is 6.80. The molecule has 1 aliphatic rings. The van der Waals surface area contributed by atoms with Crippen LogP contribution in [-0.4, -0.2) is 56.7 Å². The highest BCUT2D eigenvalue weighted by atomic mass is 28.3. The molecule has 0 unspecified atom stereocenters. The summed E-state index contributed by atoms with van der Waals surface area (Å²) in [7, 11) is 4.12. The molecule has 0 bridgehead atoms. The maximum Gasteiger partial charge on any atom is 0.483 e. The van der Waals surface area contributed by atoms with E-state index in [0.717, 1.165) is 22.7 Å². The van der Waals surface area contributed by atoms with Crippen molar-refractivity contribution in [3.63, 3.8) is 0 Å². The van der Waals surface area contributed by atoms with E-state index in [-0.39, 0.29) is 0 Å². The van der Waals surface area contributed by atoms with Crippen LogP contribution in [0.2, 0.25) is 16.6 Å². The van der Waals surface area contributed by atoms with Crippen LogP contribution in [0.5, 0.6) is 0 Å². The first kappa shape index (κ1) is 25.3. The van der Waals surface area contributed by atoms with Crippen LogP contribution in [-0.2, 0) is 13.3 Å². The van der Waals surface area contributed by atoms with Gasteiger partial charge in [0.2, 0.25) is 0 Å². The summed E-state index contributed by atoms with van der Waals surface area (Å²) >= 11 is 0. The minimum atomic E-state index is -1.67. The third-order valence-electron chi connectivity index (χ3n) is 6.09. The molecule has 0 aliphatic heterocycles. The van der Waals surface area contributed by atoms with Gasteiger partial charge in [-0.1, -0.05) is 60.8 Å². The van der Waals surface area contributed by atoms with Crippen LogP contribution in [0.25, 0.3) is 0 Å². The van der Waals surface area contributed by atoms with Gasteiger partial charge in [0.05, 0.1) is 0 Å². The van der Waals surface area contributed by atoms with Gasteiger partial charge >= 0.3 is 9.53 Å². The van der Waals surface area contributed by atoms with E-state index in [9.17, 15) is 0 Å². The van der Waals surface area contributed by atoms with E-state index in [2.05, 4.69) is 53.2 Å². The number of hydrogen-bond acceptors (Lipinski definition) is 4. The predicted octanol–water partition coefficient (Wildman–Crippen LogP) is 5.07. The van der Waals surface area contributed by atoms with E-state index >= 15 is 0 Å². The summed E-state index contributed by atoms with van der Waals surface area (Å²) in [5.74, 6) is 0. The molecule has 6 heteroatoms. The monoisotopic (exact) mass is 391 g/mol. The van der Waals surface area contributed by atoms with Gasteiger partial charge in [0, 0.05) is 27.4 Å².